The van der Waals surface area contributed by atoms with E-state index >= 15 is 0 Å². The van der Waals surface area contributed by atoms with Gasteiger partial charge in [-0.15, -0.1) is 0 Å². The van der Waals surface area contributed by atoms with Gasteiger partial charge in [-0.2, -0.15) is 0 Å². The Morgan fingerprint density at radius 1 is 1.50 bits per heavy atom. The molecule has 4 heteroatoms. The van der Waals surface area contributed by atoms with Crippen molar-refractivity contribution in [2.24, 2.45) is 11.8 Å². The van der Waals surface area contributed by atoms with Crippen LogP contribution in [0, 0.1) is 11.8 Å². The Morgan fingerprint density at radius 3 is 2.83 bits per heavy atom. The molecule has 2 unspecified atom stereocenters. The first kappa shape index (κ1) is 12.7. The van der Waals surface area contributed by atoms with Gasteiger partial charge in [-0.3, -0.25) is 4.79 Å². The van der Waals surface area contributed by atoms with Crippen LogP contribution < -0.4 is 15.8 Å². The third-order valence-corrected chi connectivity index (χ3v) is 3.30. The monoisotopic (exact) mass is 248 g/mol. The first-order valence-electron chi connectivity index (χ1n) is 6.41. The van der Waals surface area contributed by atoms with E-state index < -0.39 is 0 Å². The second kappa shape index (κ2) is 5.29. The maximum absolute atomic E-state index is 12.0. The van der Waals surface area contributed by atoms with Gasteiger partial charge in [0.05, 0.1) is 6.61 Å². The van der Waals surface area contributed by atoms with E-state index in [0.717, 1.165) is 12.5 Å². The largest absolute Gasteiger partial charge is 0.494 e. The number of carbonyl (C=O) groups is 1. The summed E-state index contributed by atoms with van der Waals surface area (Å²) in [7, 11) is 0. The Hall–Kier alpha value is -1.71. The highest BCUT2D eigenvalue weighted by Gasteiger charge is 2.32. The molecular weight excluding hydrogens is 228 g/mol. The van der Waals surface area contributed by atoms with Crippen LogP contribution in [0.4, 0.5) is 5.69 Å². The Morgan fingerprint density at radius 2 is 2.22 bits per heavy atom. The van der Waals surface area contributed by atoms with Crippen molar-refractivity contribution >= 4 is 11.6 Å². The van der Waals surface area contributed by atoms with E-state index in [1.54, 1.807) is 18.2 Å². The van der Waals surface area contributed by atoms with E-state index in [-0.39, 0.29) is 5.91 Å². The Labute approximate surface area is 108 Å². The number of amides is 1. The highest BCUT2D eigenvalue weighted by Crippen LogP contribution is 2.36. The average Bonchev–Trinajstić information content (AvgIpc) is 3.02. The lowest BCUT2D eigenvalue weighted by Gasteiger charge is -2.08. The van der Waals surface area contributed by atoms with E-state index in [1.165, 1.54) is 6.42 Å². The predicted octanol–water partition coefficient (Wildman–Crippen LogP) is 2.05. The van der Waals surface area contributed by atoms with Gasteiger partial charge < -0.3 is 15.8 Å². The highest BCUT2D eigenvalue weighted by atomic mass is 16.5. The molecule has 2 atom stereocenters. The Bertz CT molecular complexity index is 445. The van der Waals surface area contributed by atoms with E-state index in [4.69, 9.17) is 10.5 Å². The molecule has 18 heavy (non-hydrogen) atoms. The smallest absolute Gasteiger partial charge is 0.251 e. The van der Waals surface area contributed by atoms with Gasteiger partial charge in [-0.05, 0) is 37.3 Å². The molecule has 3 N–H and O–H groups in total. The van der Waals surface area contributed by atoms with Gasteiger partial charge in [-0.25, -0.2) is 0 Å². The minimum absolute atomic E-state index is 0.0812. The molecule has 1 fully saturated rings. The van der Waals surface area contributed by atoms with Crippen LogP contribution in [0.5, 0.6) is 5.75 Å². The van der Waals surface area contributed by atoms with Crippen molar-refractivity contribution in [2.45, 2.75) is 20.3 Å². The van der Waals surface area contributed by atoms with E-state index in [2.05, 4.69) is 12.2 Å². The molecule has 0 saturated heterocycles. The fourth-order valence-corrected chi connectivity index (χ4v) is 2.01. The lowest BCUT2D eigenvalue weighted by atomic mass is 10.1. The van der Waals surface area contributed by atoms with Gasteiger partial charge in [0.25, 0.3) is 5.91 Å². The average molecular weight is 248 g/mol. The lowest BCUT2D eigenvalue weighted by molar-refractivity contribution is 0.0951. The zero-order valence-electron chi connectivity index (χ0n) is 10.9. The molecule has 4 nitrogen and oxygen atoms in total. The van der Waals surface area contributed by atoms with E-state index in [0.29, 0.717) is 29.5 Å². The maximum atomic E-state index is 12.0. The zero-order valence-corrected chi connectivity index (χ0v) is 10.9. The van der Waals surface area contributed by atoms with Crippen molar-refractivity contribution in [3.05, 3.63) is 23.8 Å². The van der Waals surface area contributed by atoms with Gasteiger partial charge in [0.15, 0.2) is 0 Å². The van der Waals surface area contributed by atoms with Crippen LogP contribution in [-0.4, -0.2) is 19.1 Å². The van der Waals surface area contributed by atoms with Gasteiger partial charge in [0.1, 0.15) is 5.75 Å². The molecule has 98 valence electrons. The Kier molecular flexibility index (Phi) is 3.75. The van der Waals surface area contributed by atoms with Crippen LogP contribution in [0.1, 0.15) is 30.6 Å². The second-order valence-electron chi connectivity index (χ2n) is 4.91. The molecule has 0 bridgehead atoms. The molecule has 1 saturated carbocycles. The summed E-state index contributed by atoms with van der Waals surface area (Å²) >= 11 is 0. The number of nitrogens with one attached hydrogen (secondary N) is 1. The summed E-state index contributed by atoms with van der Waals surface area (Å²) in [6.45, 7) is 5.41. The summed E-state index contributed by atoms with van der Waals surface area (Å²) in [6, 6.07) is 5.13. The highest BCUT2D eigenvalue weighted by molar-refractivity contribution is 5.95. The third-order valence-electron chi connectivity index (χ3n) is 3.30. The quantitative estimate of drug-likeness (QED) is 0.784. The molecule has 0 aromatic heterocycles. The van der Waals surface area contributed by atoms with Crippen molar-refractivity contribution < 1.29 is 9.53 Å². The molecule has 0 aliphatic heterocycles. The summed E-state index contributed by atoms with van der Waals surface area (Å²) in [4.78, 5) is 12.0. The number of benzene rings is 1. The molecule has 1 aromatic rings. The van der Waals surface area contributed by atoms with Crippen molar-refractivity contribution in [2.75, 3.05) is 18.9 Å². The van der Waals surface area contributed by atoms with Crippen LogP contribution in [-0.2, 0) is 0 Å². The first-order chi connectivity index (χ1) is 8.60. The van der Waals surface area contributed by atoms with Crippen LogP contribution in [0.25, 0.3) is 0 Å². The topological polar surface area (TPSA) is 64.3 Å². The number of nitrogens with two attached hydrogens (primary N) is 1. The standard InChI is InChI=1S/C14H20N2O2/c1-3-18-13-6-10(5-12(15)7-13)14(17)16-8-11-4-9(11)2/h5-7,9,11H,3-4,8,15H2,1-2H3,(H,16,17). The molecule has 2 rings (SSSR count). The fraction of sp³-hybridized carbons (Fsp3) is 0.500. The number of anilines is 1. The normalized spacial score (nSPS) is 21.4. The van der Waals surface area contributed by atoms with Gasteiger partial charge in [-0.1, -0.05) is 6.92 Å². The maximum Gasteiger partial charge on any atom is 0.251 e. The molecular formula is C14H20N2O2. The SMILES string of the molecule is CCOc1cc(N)cc(C(=O)NCC2CC2C)c1. The second-order valence-corrected chi connectivity index (χ2v) is 4.91. The minimum atomic E-state index is -0.0812. The molecule has 1 amide bonds. The summed E-state index contributed by atoms with van der Waals surface area (Å²) < 4.78 is 5.37. The molecule has 1 aromatic carbocycles. The van der Waals surface area contributed by atoms with Gasteiger partial charge >= 0.3 is 0 Å². The number of nitrogen functional groups attached to an aromatic ring is 1. The summed E-state index contributed by atoms with van der Waals surface area (Å²) in [5.74, 6) is 1.94. The van der Waals surface area contributed by atoms with E-state index in [9.17, 15) is 4.79 Å². The van der Waals surface area contributed by atoms with Gasteiger partial charge in [0.2, 0.25) is 0 Å². The van der Waals surface area contributed by atoms with Crippen LogP contribution in [0.2, 0.25) is 0 Å². The van der Waals surface area contributed by atoms with Crippen molar-refractivity contribution in [1.29, 1.82) is 0 Å². The molecule has 0 heterocycles. The minimum Gasteiger partial charge on any atom is -0.494 e. The van der Waals surface area contributed by atoms with Crippen molar-refractivity contribution in [1.82, 2.24) is 5.32 Å². The van der Waals surface area contributed by atoms with Crippen LogP contribution >= 0.6 is 0 Å². The zero-order chi connectivity index (χ0) is 13.1. The molecule has 0 radical (unpaired) electrons. The number of rotatable bonds is 5. The first-order valence-corrected chi connectivity index (χ1v) is 6.41. The molecule has 0 spiro atoms. The number of ether oxygens (including phenoxy) is 1. The van der Waals surface area contributed by atoms with E-state index in [1.807, 2.05) is 6.92 Å². The van der Waals surface area contributed by atoms with Crippen LogP contribution in [0.15, 0.2) is 18.2 Å². The van der Waals surface area contributed by atoms with Gasteiger partial charge in [0, 0.05) is 23.9 Å². The molecule has 1 aliphatic carbocycles. The van der Waals surface area contributed by atoms with Crippen LogP contribution in [0.3, 0.4) is 0 Å². The van der Waals surface area contributed by atoms with Crippen molar-refractivity contribution in [3.8, 4) is 5.75 Å². The summed E-state index contributed by atoms with van der Waals surface area (Å²) in [5, 5.41) is 2.94. The molecule has 1 aliphatic rings. The lowest BCUT2D eigenvalue weighted by Crippen LogP contribution is -2.26. The summed E-state index contributed by atoms with van der Waals surface area (Å²) in [6.07, 6.45) is 1.21. The van der Waals surface area contributed by atoms with Crippen molar-refractivity contribution in [3.63, 3.8) is 0 Å². The summed E-state index contributed by atoms with van der Waals surface area (Å²) in [5.41, 5.74) is 6.87. The number of hydrogen-bond acceptors (Lipinski definition) is 3. The fourth-order valence-electron chi connectivity index (χ4n) is 2.01. The Balaban J connectivity index is 1.99. The number of hydrogen-bond donors (Lipinski definition) is 2. The predicted molar refractivity (Wildman–Crippen MR) is 71.6 cm³/mol. The third kappa shape index (κ3) is 3.15. The number of carbonyl (C=O) groups excluding carboxylic acids is 1.